The molecule has 0 aromatic heterocycles. The normalized spacial score (nSPS) is 18.6. The minimum absolute atomic E-state index is 0.0913. The Labute approximate surface area is 283 Å². The minimum atomic E-state index is -0.255. The molecule has 3 aliphatic rings. The molecule has 2 aliphatic heterocycles. The summed E-state index contributed by atoms with van der Waals surface area (Å²) in [5.74, 6) is 0.307. The molecular formula is C44H36BN3. The van der Waals surface area contributed by atoms with Gasteiger partial charge >= 0.3 is 0 Å². The first-order valence-electron chi connectivity index (χ1n) is 16.9. The fourth-order valence-electron chi connectivity index (χ4n) is 8.11. The van der Waals surface area contributed by atoms with Crippen molar-refractivity contribution in [1.29, 1.82) is 0 Å². The molecule has 0 spiro atoms. The fraction of sp³-hybridized carbons (Fsp3) is 0.0909. The highest BCUT2D eigenvalue weighted by Crippen LogP contribution is 2.46. The van der Waals surface area contributed by atoms with E-state index in [2.05, 4.69) is 205 Å². The van der Waals surface area contributed by atoms with Crippen LogP contribution in [0.3, 0.4) is 0 Å². The van der Waals surface area contributed by atoms with Gasteiger partial charge in [-0.25, -0.2) is 0 Å². The monoisotopic (exact) mass is 617 g/mol. The van der Waals surface area contributed by atoms with Gasteiger partial charge in [-0.1, -0.05) is 116 Å². The summed E-state index contributed by atoms with van der Waals surface area (Å²) in [5, 5.41) is 0. The summed E-state index contributed by atoms with van der Waals surface area (Å²) in [6, 6.07) is 55.4. The summed E-state index contributed by atoms with van der Waals surface area (Å²) >= 11 is 0. The van der Waals surface area contributed by atoms with Crippen LogP contribution >= 0.6 is 0 Å². The van der Waals surface area contributed by atoms with Crippen molar-refractivity contribution in [2.24, 2.45) is 5.92 Å². The number of hydrogen-bond acceptors (Lipinski definition) is 3. The van der Waals surface area contributed by atoms with Gasteiger partial charge in [-0.15, -0.1) is 0 Å². The summed E-state index contributed by atoms with van der Waals surface area (Å²) in [6.45, 7) is 4.77. The number of anilines is 8. The quantitative estimate of drug-likeness (QED) is 0.178. The lowest BCUT2D eigenvalue weighted by Crippen LogP contribution is -2.61. The molecule has 1 unspecified atom stereocenters. The standard InChI is InChI=1S/C44H36BN3/c1-32-17-14-15-30-44(32,2)48(35-22-10-5-11-23-35)36-28-29-38-42(31-36)47(34-20-8-4-9-21-34)41-27-16-26-40-43(41)45(38)37-24-12-13-25-39(37)46(40)33-18-6-3-7-19-33/h3-32H,1-2H3/t32?,44-/m1/s1. The number of nitrogens with zero attached hydrogens (tertiary/aromatic N) is 3. The third-order valence-electron chi connectivity index (χ3n) is 10.5. The topological polar surface area (TPSA) is 9.72 Å². The third-order valence-corrected chi connectivity index (χ3v) is 10.5. The Kier molecular flexibility index (Phi) is 6.65. The molecule has 6 aromatic carbocycles. The Bertz CT molecular complexity index is 2190. The second kappa shape index (κ2) is 11.2. The van der Waals surface area contributed by atoms with Crippen LogP contribution in [-0.4, -0.2) is 12.3 Å². The number of benzene rings is 6. The van der Waals surface area contributed by atoms with Gasteiger partial charge in [0.05, 0.1) is 5.54 Å². The van der Waals surface area contributed by atoms with E-state index >= 15 is 0 Å². The van der Waals surface area contributed by atoms with E-state index in [1.807, 2.05) is 0 Å². The number of hydrogen-bond donors (Lipinski definition) is 0. The van der Waals surface area contributed by atoms with E-state index in [0.29, 0.717) is 5.92 Å². The summed E-state index contributed by atoms with van der Waals surface area (Å²) < 4.78 is 0. The van der Waals surface area contributed by atoms with Crippen molar-refractivity contribution < 1.29 is 0 Å². The summed E-state index contributed by atoms with van der Waals surface area (Å²) in [6.07, 6.45) is 9.04. The lowest BCUT2D eigenvalue weighted by Gasteiger charge is -2.47. The first kappa shape index (κ1) is 28.5. The van der Waals surface area contributed by atoms with Gasteiger partial charge in [-0.05, 0) is 90.0 Å². The predicted molar refractivity (Wildman–Crippen MR) is 205 cm³/mol. The van der Waals surface area contributed by atoms with E-state index in [-0.39, 0.29) is 12.3 Å². The number of fused-ring (bicyclic) bond motifs is 4. The number of allylic oxidation sites excluding steroid dienone is 2. The SMILES string of the molecule is CC1C=CC=C[C@@]1(C)N(c1ccccc1)c1ccc2c(c1)N(c1ccccc1)c1cccc3c1B2c1ccccc1N3c1ccccc1. The van der Waals surface area contributed by atoms with Crippen molar-refractivity contribution >= 4 is 68.6 Å². The molecule has 2 atom stereocenters. The Morgan fingerprint density at radius 1 is 0.542 bits per heavy atom. The van der Waals surface area contributed by atoms with Gasteiger partial charge in [0, 0.05) is 51.4 Å². The van der Waals surface area contributed by atoms with Gasteiger partial charge in [-0.2, -0.15) is 0 Å². The van der Waals surface area contributed by atoms with Crippen LogP contribution < -0.4 is 31.1 Å². The molecule has 0 bridgehead atoms. The van der Waals surface area contributed by atoms with Crippen molar-refractivity contribution in [2.75, 3.05) is 14.7 Å². The van der Waals surface area contributed by atoms with Gasteiger partial charge in [0.25, 0.3) is 6.71 Å². The van der Waals surface area contributed by atoms with Gasteiger partial charge in [0.2, 0.25) is 0 Å². The van der Waals surface area contributed by atoms with Gasteiger partial charge in [-0.3, -0.25) is 0 Å². The van der Waals surface area contributed by atoms with Gasteiger partial charge in [0.1, 0.15) is 0 Å². The Hall–Kier alpha value is -5.74. The van der Waals surface area contributed by atoms with E-state index in [4.69, 9.17) is 0 Å². The highest BCUT2D eigenvalue weighted by molar-refractivity contribution is 7.00. The molecule has 0 N–H and O–H groups in total. The van der Waals surface area contributed by atoms with Crippen molar-refractivity contribution in [3.8, 4) is 0 Å². The highest BCUT2D eigenvalue weighted by Gasteiger charge is 2.44. The van der Waals surface area contributed by atoms with Crippen LogP contribution in [0.15, 0.2) is 176 Å². The van der Waals surface area contributed by atoms with Crippen molar-refractivity contribution in [3.05, 3.63) is 176 Å². The maximum Gasteiger partial charge on any atom is 0.252 e. The Morgan fingerprint density at radius 3 is 1.77 bits per heavy atom. The van der Waals surface area contributed by atoms with Crippen molar-refractivity contribution in [1.82, 2.24) is 0 Å². The molecule has 230 valence electrons. The van der Waals surface area contributed by atoms with Crippen molar-refractivity contribution in [3.63, 3.8) is 0 Å². The molecule has 0 saturated carbocycles. The van der Waals surface area contributed by atoms with Crippen LogP contribution in [0.5, 0.6) is 0 Å². The maximum atomic E-state index is 2.53. The minimum Gasteiger partial charge on any atom is -0.331 e. The zero-order valence-corrected chi connectivity index (χ0v) is 27.2. The second-order valence-corrected chi connectivity index (χ2v) is 13.2. The molecular weight excluding hydrogens is 581 g/mol. The molecule has 1 aliphatic carbocycles. The molecule has 0 radical (unpaired) electrons. The number of rotatable bonds is 5. The van der Waals surface area contributed by atoms with Crippen LogP contribution in [0.25, 0.3) is 0 Å². The Balaban J connectivity index is 1.31. The second-order valence-electron chi connectivity index (χ2n) is 13.2. The third kappa shape index (κ3) is 4.29. The summed E-state index contributed by atoms with van der Waals surface area (Å²) in [5.41, 5.74) is 13.3. The molecule has 9 rings (SSSR count). The zero-order chi connectivity index (χ0) is 32.2. The van der Waals surface area contributed by atoms with Gasteiger partial charge in [0.15, 0.2) is 0 Å². The first-order valence-corrected chi connectivity index (χ1v) is 16.9. The van der Waals surface area contributed by atoms with Crippen LogP contribution in [0.1, 0.15) is 13.8 Å². The largest absolute Gasteiger partial charge is 0.331 e. The molecule has 6 aromatic rings. The molecule has 3 nitrogen and oxygen atoms in total. The summed E-state index contributed by atoms with van der Waals surface area (Å²) in [7, 11) is 0. The van der Waals surface area contributed by atoms with Crippen LogP contribution in [0.4, 0.5) is 45.5 Å². The van der Waals surface area contributed by atoms with Crippen LogP contribution in [0.2, 0.25) is 0 Å². The van der Waals surface area contributed by atoms with Gasteiger partial charge < -0.3 is 14.7 Å². The predicted octanol–water partition coefficient (Wildman–Crippen LogP) is 9.43. The zero-order valence-electron chi connectivity index (χ0n) is 27.2. The van der Waals surface area contributed by atoms with E-state index in [1.165, 1.54) is 56.2 Å². The number of para-hydroxylation sites is 4. The van der Waals surface area contributed by atoms with Crippen LogP contribution in [-0.2, 0) is 0 Å². The molecule has 2 heterocycles. The average Bonchev–Trinajstić information content (AvgIpc) is 3.14. The van der Waals surface area contributed by atoms with E-state index < -0.39 is 0 Å². The summed E-state index contributed by atoms with van der Waals surface area (Å²) in [4.78, 5) is 7.45. The molecule has 48 heavy (non-hydrogen) atoms. The lowest BCUT2D eigenvalue weighted by molar-refractivity contribution is 0.446. The van der Waals surface area contributed by atoms with E-state index in [0.717, 1.165) is 5.69 Å². The van der Waals surface area contributed by atoms with E-state index in [1.54, 1.807) is 0 Å². The lowest BCUT2D eigenvalue weighted by atomic mass is 9.33. The molecule has 0 fully saturated rings. The van der Waals surface area contributed by atoms with Crippen molar-refractivity contribution in [2.45, 2.75) is 19.4 Å². The molecule has 0 amide bonds. The molecule has 0 saturated heterocycles. The average molecular weight is 618 g/mol. The van der Waals surface area contributed by atoms with E-state index in [9.17, 15) is 0 Å². The van der Waals surface area contributed by atoms with Crippen LogP contribution in [0, 0.1) is 5.92 Å². The smallest absolute Gasteiger partial charge is 0.252 e. The first-order chi connectivity index (χ1) is 23.6. The Morgan fingerprint density at radius 2 is 1.10 bits per heavy atom. The molecule has 4 heteroatoms. The fourth-order valence-corrected chi connectivity index (χ4v) is 8.11. The highest BCUT2D eigenvalue weighted by atomic mass is 15.2. The maximum absolute atomic E-state index is 2.53.